The predicted octanol–water partition coefficient (Wildman–Crippen LogP) is 6.32. The number of carbonyl (C=O) groups excluding carboxylic acids is 3. The molecule has 2 amide bonds. The summed E-state index contributed by atoms with van der Waals surface area (Å²) < 4.78 is 18.0. The minimum absolute atomic E-state index is 0.0000493. The zero-order valence-corrected chi connectivity index (χ0v) is 27.5. The van der Waals surface area contributed by atoms with Crippen LogP contribution in [0.4, 0.5) is 0 Å². The molecule has 248 valence electrons. The number of esters is 1. The van der Waals surface area contributed by atoms with Gasteiger partial charge in [-0.25, -0.2) is 0 Å². The van der Waals surface area contributed by atoms with Crippen molar-refractivity contribution >= 4 is 28.6 Å². The molecule has 2 heterocycles. The third-order valence-corrected chi connectivity index (χ3v) is 10.2. The highest BCUT2D eigenvalue weighted by atomic mass is 16.5. The summed E-state index contributed by atoms with van der Waals surface area (Å²) in [5.41, 5.74) is 1.29. The van der Waals surface area contributed by atoms with Crippen molar-refractivity contribution in [2.24, 2.45) is 17.3 Å². The van der Waals surface area contributed by atoms with Gasteiger partial charge < -0.3 is 24.4 Å². The fraction of sp³-hybridized carbons (Fsp3) is 0.462. The van der Waals surface area contributed by atoms with Crippen LogP contribution in [-0.2, 0) is 41.7 Å². The van der Waals surface area contributed by atoms with Crippen molar-refractivity contribution in [2.75, 3.05) is 20.3 Å². The van der Waals surface area contributed by atoms with E-state index in [1.54, 1.807) is 4.90 Å². The third-order valence-electron chi connectivity index (χ3n) is 10.2. The number of piperidine rings is 1. The Balaban J connectivity index is 1.32. The van der Waals surface area contributed by atoms with Crippen molar-refractivity contribution in [1.82, 2.24) is 10.2 Å². The molecule has 1 saturated heterocycles. The highest BCUT2D eigenvalue weighted by Crippen LogP contribution is 2.51. The largest absolute Gasteiger partial charge is 0.468 e. The number of hydrogen-bond donors (Lipinski definition) is 1. The number of nitrogens with zero attached hydrogens (tertiary/aromatic N) is 1. The van der Waals surface area contributed by atoms with Crippen LogP contribution in [-0.4, -0.2) is 55.2 Å². The third kappa shape index (κ3) is 7.14. The number of carbonyl (C=O) groups is 3. The van der Waals surface area contributed by atoms with E-state index < -0.39 is 29.5 Å². The average molecular weight is 639 g/mol. The van der Waals surface area contributed by atoms with Crippen molar-refractivity contribution < 1.29 is 28.6 Å². The Morgan fingerprint density at radius 2 is 1.72 bits per heavy atom. The summed E-state index contributed by atoms with van der Waals surface area (Å²) in [7, 11) is 1.37. The number of fused-ring (bicyclic) bond motifs is 2. The second-order valence-electron chi connectivity index (χ2n) is 13.3. The van der Waals surface area contributed by atoms with Gasteiger partial charge in [0, 0.05) is 24.6 Å². The van der Waals surface area contributed by atoms with E-state index in [4.69, 9.17) is 14.2 Å². The summed E-state index contributed by atoms with van der Waals surface area (Å²) in [6.45, 7) is 3.40. The highest BCUT2D eigenvalue weighted by molar-refractivity contribution is 5.93. The number of benzene rings is 3. The first-order chi connectivity index (χ1) is 22.9. The summed E-state index contributed by atoms with van der Waals surface area (Å²) in [5.74, 6) is -1.05. The molecule has 47 heavy (non-hydrogen) atoms. The van der Waals surface area contributed by atoms with Crippen LogP contribution < -0.4 is 5.32 Å². The Kier molecular flexibility index (Phi) is 10.4. The second-order valence-corrected chi connectivity index (χ2v) is 13.3. The summed E-state index contributed by atoms with van der Waals surface area (Å²) in [5, 5.41) is 5.20. The van der Waals surface area contributed by atoms with Crippen LogP contribution >= 0.6 is 0 Å². The van der Waals surface area contributed by atoms with Gasteiger partial charge >= 0.3 is 5.97 Å². The van der Waals surface area contributed by atoms with Gasteiger partial charge in [0.2, 0.25) is 11.8 Å². The molecule has 3 aromatic rings. The number of nitrogens with one attached hydrogen (secondary N) is 1. The molecule has 8 nitrogen and oxygen atoms in total. The number of amides is 2. The first kappa shape index (κ1) is 32.9. The minimum Gasteiger partial charge on any atom is -0.468 e. The Morgan fingerprint density at radius 3 is 2.51 bits per heavy atom. The molecule has 1 N–H and O–H groups in total. The molecule has 6 rings (SSSR count). The van der Waals surface area contributed by atoms with E-state index in [2.05, 4.69) is 5.32 Å². The van der Waals surface area contributed by atoms with Crippen LogP contribution in [0.25, 0.3) is 10.8 Å². The summed E-state index contributed by atoms with van der Waals surface area (Å²) in [6, 6.07) is 24.0. The molecule has 1 aliphatic carbocycles. The first-order valence-electron chi connectivity index (χ1n) is 17.0. The Hall–Kier alpha value is -4.01. The van der Waals surface area contributed by atoms with Crippen molar-refractivity contribution in [1.29, 1.82) is 0 Å². The lowest BCUT2D eigenvalue weighted by molar-refractivity contribution is -0.178. The molecular formula is C39H46N2O6. The van der Waals surface area contributed by atoms with Crippen molar-refractivity contribution in [3.63, 3.8) is 0 Å². The van der Waals surface area contributed by atoms with Crippen molar-refractivity contribution in [3.05, 3.63) is 95.7 Å². The van der Waals surface area contributed by atoms with Crippen LogP contribution in [0.15, 0.2) is 84.6 Å². The second kappa shape index (κ2) is 14.8. The van der Waals surface area contributed by atoms with Crippen LogP contribution in [0.5, 0.6) is 0 Å². The van der Waals surface area contributed by atoms with Crippen LogP contribution in [0, 0.1) is 17.3 Å². The molecule has 1 saturated carbocycles. The Morgan fingerprint density at radius 1 is 0.979 bits per heavy atom. The molecule has 0 spiro atoms. The average Bonchev–Trinajstić information content (AvgIpc) is 3.10. The van der Waals surface area contributed by atoms with Gasteiger partial charge in [0.25, 0.3) is 0 Å². The lowest BCUT2D eigenvalue weighted by atomic mass is 9.66. The first-order valence-corrected chi connectivity index (χ1v) is 17.0. The van der Waals surface area contributed by atoms with Gasteiger partial charge in [-0.1, -0.05) is 92.1 Å². The van der Waals surface area contributed by atoms with Gasteiger partial charge in [-0.3, -0.25) is 14.4 Å². The van der Waals surface area contributed by atoms with E-state index in [9.17, 15) is 14.4 Å². The Labute approximate surface area is 277 Å². The number of likely N-dealkylation sites (tertiary alicyclic amines) is 1. The molecule has 0 unspecified atom stereocenters. The van der Waals surface area contributed by atoms with E-state index in [-0.39, 0.29) is 37.8 Å². The van der Waals surface area contributed by atoms with Crippen LogP contribution in [0.1, 0.15) is 63.0 Å². The smallest absolute Gasteiger partial charge is 0.320 e. The zero-order chi connectivity index (χ0) is 32.8. The number of methoxy groups -OCH3 is 1. The van der Waals surface area contributed by atoms with E-state index in [0.717, 1.165) is 34.7 Å². The standard InChI is InChI=1S/C39H46N2O6/c1-27-39(38(44)45-2)22-32(20-36(42)40-23-28-12-5-3-6-13-28)37(43)41(24-31-18-11-17-30-16-9-10-19-34(30)31)35(39)21-33(47-27)26-46-25-29-14-7-4-8-15-29/h4,7-11,14-19,21,27-28,32-33H,3,5-6,12-13,20,22-26H2,1-2H3,(H,40,42)/t27-,32+,33-,39+/m1/s1. The van der Waals surface area contributed by atoms with Gasteiger partial charge in [-0.15, -0.1) is 0 Å². The maximum atomic E-state index is 14.5. The molecule has 0 radical (unpaired) electrons. The normalized spacial score (nSPS) is 24.8. The number of rotatable bonds is 11. The summed E-state index contributed by atoms with van der Waals surface area (Å²) in [4.78, 5) is 43.5. The van der Waals surface area contributed by atoms with E-state index in [1.165, 1.54) is 26.4 Å². The lowest BCUT2D eigenvalue weighted by Crippen LogP contribution is -2.60. The molecule has 3 aromatic carbocycles. The molecule has 0 bridgehead atoms. The van der Waals surface area contributed by atoms with Crippen LogP contribution in [0.3, 0.4) is 0 Å². The quantitative estimate of drug-likeness (QED) is 0.247. The summed E-state index contributed by atoms with van der Waals surface area (Å²) in [6.07, 6.45) is 6.75. The van der Waals surface area contributed by atoms with Crippen molar-refractivity contribution in [2.45, 2.75) is 77.2 Å². The van der Waals surface area contributed by atoms with E-state index in [1.807, 2.05) is 85.8 Å². The molecule has 2 aliphatic heterocycles. The fourth-order valence-electron chi connectivity index (χ4n) is 7.73. The molecule has 2 fully saturated rings. The fourth-order valence-corrected chi connectivity index (χ4v) is 7.73. The van der Waals surface area contributed by atoms with E-state index in [0.29, 0.717) is 24.8 Å². The van der Waals surface area contributed by atoms with Crippen LogP contribution in [0.2, 0.25) is 0 Å². The topological polar surface area (TPSA) is 94.2 Å². The number of hydrogen-bond acceptors (Lipinski definition) is 6. The molecule has 0 aromatic heterocycles. The lowest BCUT2D eigenvalue weighted by Gasteiger charge is -2.51. The highest BCUT2D eigenvalue weighted by Gasteiger charge is 2.59. The SMILES string of the molecule is COC(=O)[C@]12C[C@H](CC(=O)NCC3CCCCC3)C(=O)N(Cc3cccc4ccccc34)C1=C[C@H](COCc1ccccc1)O[C@@H]2C. The summed E-state index contributed by atoms with van der Waals surface area (Å²) >= 11 is 0. The van der Waals surface area contributed by atoms with E-state index >= 15 is 0 Å². The zero-order valence-electron chi connectivity index (χ0n) is 27.5. The van der Waals surface area contributed by atoms with Crippen molar-refractivity contribution in [3.8, 4) is 0 Å². The van der Waals surface area contributed by atoms with Gasteiger partial charge in [0.1, 0.15) is 11.5 Å². The monoisotopic (exact) mass is 638 g/mol. The molecule has 8 heteroatoms. The van der Waals surface area contributed by atoms with Gasteiger partial charge in [-0.2, -0.15) is 0 Å². The van der Waals surface area contributed by atoms with Gasteiger partial charge in [0.15, 0.2) is 0 Å². The Bertz CT molecular complexity index is 1590. The molecular weight excluding hydrogens is 592 g/mol. The maximum Gasteiger partial charge on any atom is 0.320 e. The molecule has 4 atom stereocenters. The maximum absolute atomic E-state index is 14.5. The van der Waals surface area contributed by atoms with Gasteiger partial charge in [0.05, 0.1) is 33.0 Å². The predicted molar refractivity (Wildman–Crippen MR) is 180 cm³/mol. The molecule has 3 aliphatic rings. The number of ether oxygens (including phenoxy) is 3. The minimum atomic E-state index is -1.27. The van der Waals surface area contributed by atoms with Gasteiger partial charge in [-0.05, 0) is 60.1 Å².